The second kappa shape index (κ2) is 6.44. The van der Waals surface area contributed by atoms with E-state index >= 15 is 0 Å². The summed E-state index contributed by atoms with van der Waals surface area (Å²) in [6.45, 7) is 2.59. The highest BCUT2D eigenvalue weighted by Gasteiger charge is 2.25. The first-order valence-corrected chi connectivity index (χ1v) is 8.27. The first kappa shape index (κ1) is 15.8. The molecular formula is C14H19NO5S. The van der Waals surface area contributed by atoms with E-state index in [1.54, 1.807) is 12.1 Å². The van der Waals surface area contributed by atoms with Gasteiger partial charge in [0.15, 0.2) is 0 Å². The zero-order valence-electron chi connectivity index (χ0n) is 11.9. The van der Waals surface area contributed by atoms with Crippen molar-refractivity contribution < 1.29 is 22.5 Å². The van der Waals surface area contributed by atoms with Gasteiger partial charge in [-0.05, 0) is 38.3 Å². The van der Waals surface area contributed by atoms with E-state index in [9.17, 15) is 13.2 Å². The lowest BCUT2D eigenvalue weighted by Gasteiger charge is -2.17. The summed E-state index contributed by atoms with van der Waals surface area (Å²) in [6.07, 6.45) is 0.0739. The van der Waals surface area contributed by atoms with E-state index in [1.165, 1.54) is 17.0 Å². The van der Waals surface area contributed by atoms with Crippen LogP contribution in [0, 0.1) is 6.92 Å². The monoisotopic (exact) mass is 313 g/mol. The Kier molecular flexibility index (Phi) is 4.84. The minimum atomic E-state index is -3.80. The maximum atomic E-state index is 12.2. The second-order valence-corrected chi connectivity index (χ2v) is 6.76. The summed E-state index contributed by atoms with van der Waals surface area (Å²) in [7, 11) is -3.80. The van der Waals surface area contributed by atoms with Crippen LogP contribution in [0.3, 0.4) is 0 Å². The number of carboxylic acid groups (broad SMARTS) is 1. The SMILES string of the molecule is Cc1ccc(S(=O)(=O)OC2CCCN(C(=O)O)CC2)cc1. The fourth-order valence-corrected chi connectivity index (χ4v) is 3.42. The number of carbonyl (C=O) groups is 1. The van der Waals surface area contributed by atoms with E-state index in [1.807, 2.05) is 6.92 Å². The fourth-order valence-electron chi connectivity index (χ4n) is 2.29. The number of benzene rings is 1. The van der Waals surface area contributed by atoms with Crippen LogP contribution in [0.15, 0.2) is 29.2 Å². The Morgan fingerprint density at radius 2 is 1.90 bits per heavy atom. The molecule has 6 nitrogen and oxygen atoms in total. The molecule has 1 N–H and O–H groups in total. The van der Waals surface area contributed by atoms with Gasteiger partial charge in [0.25, 0.3) is 10.1 Å². The van der Waals surface area contributed by atoms with Gasteiger partial charge >= 0.3 is 6.09 Å². The summed E-state index contributed by atoms with van der Waals surface area (Å²) in [5.41, 5.74) is 0.973. The third kappa shape index (κ3) is 4.18. The number of amides is 1. The number of nitrogens with zero attached hydrogens (tertiary/aromatic N) is 1. The zero-order valence-corrected chi connectivity index (χ0v) is 12.7. The van der Waals surface area contributed by atoms with Crippen LogP contribution in [0.1, 0.15) is 24.8 Å². The molecule has 0 aromatic heterocycles. The van der Waals surface area contributed by atoms with Gasteiger partial charge < -0.3 is 10.0 Å². The fraction of sp³-hybridized carbons (Fsp3) is 0.500. The largest absolute Gasteiger partial charge is 0.465 e. The first-order chi connectivity index (χ1) is 9.88. The molecule has 2 rings (SSSR count). The van der Waals surface area contributed by atoms with Crippen molar-refractivity contribution in [1.82, 2.24) is 4.90 Å². The molecule has 1 fully saturated rings. The van der Waals surface area contributed by atoms with Crippen molar-refractivity contribution in [2.75, 3.05) is 13.1 Å². The maximum Gasteiger partial charge on any atom is 0.407 e. The van der Waals surface area contributed by atoms with Crippen molar-refractivity contribution in [3.05, 3.63) is 29.8 Å². The molecule has 1 saturated heterocycles. The standard InChI is InChI=1S/C14H19NO5S/c1-11-4-6-13(7-5-11)21(18,19)20-12-3-2-9-15(10-8-12)14(16)17/h4-7,12H,2-3,8-10H2,1H3,(H,16,17). The van der Waals surface area contributed by atoms with Crippen molar-refractivity contribution in [3.8, 4) is 0 Å². The minimum absolute atomic E-state index is 0.132. The van der Waals surface area contributed by atoms with E-state index in [0.29, 0.717) is 32.4 Å². The van der Waals surface area contributed by atoms with Gasteiger partial charge in [0.1, 0.15) is 0 Å². The van der Waals surface area contributed by atoms with Gasteiger partial charge in [0, 0.05) is 13.1 Å². The quantitative estimate of drug-likeness (QED) is 0.865. The molecule has 1 aliphatic heterocycles. The molecule has 21 heavy (non-hydrogen) atoms. The number of likely N-dealkylation sites (tertiary alicyclic amines) is 1. The predicted molar refractivity (Wildman–Crippen MR) is 76.7 cm³/mol. The lowest BCUT2D eigenvalue weighted by Crippen LogP contribution is -2.30. The van der Waals surface area contributed by atoms with Crippen LogP contribution in [0.25, 0.3) is 0 Å². The summed E-state index contributed by atoms with van der Waals surface area (Å²) >= 11 is 0. The molecule has 1 aliphatic rings. The molecule has 0 radical (unpaired) electrons. The average Bonchev–Trinajstić information content (AvgIpc) is 2.64. The van der Waals surface area contributed by atoms with Gasteiger partial charge in [-0.1, -0.05) is 17.7 Å². The van der Waals surface area contributed by atoms with Crippen LogP contribution in [-0.2, 0) is 14.3 Å². The summed E-state index contributed by atoms with van der Waals surface area (Å²) in [5, 5.41) is 8.95. The smallest absolute Gasteiger partial charge is 0.407 e. The molecule has 0 spiro atoms. The van der Waals surface area contributed by atoms with Crippen LogP contribution in [0.2, 0.25) is 0 Å². The van der Waals surface area contributed by atoms with E-state index in [4.69, 9.17) is 9.29 Å². The summed E-state index contributed by atoms with van der Waals surface area (Å²) in [5.74, 6) is 0. The molecule has 1 atom stereocenters. The van der Waals surface area contributed by atoms with E-state index in [0.717, 1.165) is 5.56 Å². The normalized spacial score (nSPS) is 20.0. The van der Waals surface area contributed by atoms with Crippen molar-refractivity contribution in [1.29, 1.82) is 0 Å². The number of rotatable bonds is 3. The molecule has 1 aromatic rings. The topological polar surface area (TPSA) is 83.9 Å². The van der Waals surface area contributed by atoms with E-state index in [-0.39, 0.29) is 4.90 Å². The van der Waals surface area contributed by atoms with Crippen LogP contribution < -0.4 is 0 Å². The van der Waals surface area contributed by atoms with E-state index in [2.05, 4.69) is 0 Å². The highest BCUT2D eigenvalue weighted by Crippen LogP contribution is 2.21. The van der Waals surface area contributed by atoms with Gasteiger partial charge in [-0.25, -0.2) is 4.79 Å². The van der Waals surface area contributed by atoms with Crippen molar-refractivity contribution in [3.63, 3.8) is 0 Å². The molecule has 1 unspecified atom stereocenters. The van der Waals surface area contributed by atoms with Gasteiger partial charge in [0.05, 0.1) is 11.0 Å². The summed E-state index contributed by atoms with van der Waals surface area (Å²) in [4.78, 5) is 12.3. The van der Waals surface area contributed by atoms with Crippen LogP contribution in [0.4, 0.5) is 4.79 Å². The number of hydrogen-bond donors (Lipinski definition) is 1. The van der Waals surface area contributed by atoms with Crippen molar-refractivity contribution in [2.45, 2.75) is 37.2 Å². The van der Waals surface area contributed by atoms with Crippen LogP contribution >= 0.6 is 0 Å². The number of aryl methyl sites for hydroxylation is 1. The van der Waals surface area contributed by atoms with Crippen molar-refractivity contribution in [2.24, 2.45) is 0 Å². The second-order valence-electron chi connectivity index (χ2n) is 5.19. The third-order valence-electron chi connectivity index (χ3n) is 3.52. The highest BCUT2D eigenvalue weighted by atomic mass is 32.2. The highest BCUT2D eigenvalue weighted by molar-refractivity contribution is 7.86. The third-order valence-corrected chi connectivity index (χ3v) is 4.89. The minimum Gasteiger partial charge on any atom is -0.465 e. The molecule has 0 aliphatic carbocycles. The molecule has 0 bridgehead atoms. The molecular weight excluding hydrogens is 294 g/mol. The van der Waals surface area contributed by atoms with E-state index < -0.39 is 22.3 Å². The van der Waals surface area contributed by atoms with Crippen LogP contribution in [0.5, 0.6) is 0 Å². The van der Waals surface area contributed by atoms with Gasteiger partial charge in [0.2, 0.25) is 0 Å². The van der Waals surface area contributed by atoms with Crippen LogP contribution in [-0.4, -0.2) is 43.7 Å². The molecule has 1 amide bonds. The van der Waals surface area contributed by atoms with Gasteiger partial charge in [-0.3, -0.25) is 4.18 Å². The Hall–Kier alpha value is -1.60. The maximum absolute atomic E-state index is 12.2. The molecule has 0 saturated carbocycles. The number of hydrogen-bond acceptors (Lipinski definition) is 4. The summed E-state index contributed by atoms with van der Waals surface area (Å²) in [6, 6.07) is 6.47. The zero-order chi connectivity index (χ0) is 15.5. The van der Waals surface area contributed by atoms with Gasteiger partial charge in [-0.2, -0.15) is 8.42 Å². The van der Waals surface area contributed by atoms with Gasteiger partial charge in [-0.15, -0.1) is 0 Å². The Balaban J connectivity index is 2.03. The predicted octanol–water partition coefficient (Wildman–Crippen LogP) is 2.23. The molecule has 7 heteroatoms. The Morgan fingerprint density at radius 1 is 1.24 bits per heavy atom. The Labute approximate surface area is 124 Å². The first-order valence-electron chi connectivity index (χ1n) is 6.86. The Morgan fingerprint density at radius 3 is 2.52 bits per heavy atom. The lowest BCUT2D eigenvalue weighted by molar-refractivity contribution is 0.143. The Bertz CT molecular complexity index is 596. The van der Waals surface area contributed by atoms with Crippen molar-refractivity contribution >= 4 is 16.2 Å². The molecule has 1 aromatic carbocycles. The molecule has 1 heterocycles. The lowest BCUT2D eigenvalue weighted by atomic mass is 10.2. The average molecular weight is 313 g/mol. The molecule has 116 valence electrons. The summed E-state index contributed by atoms with van der Waals surface area (Å²) < 4.78 is 29.6.